The predicted octanol–water partition coefficient (Wildman–Crippen LogP) is 5.04. The summed E-state index contributed by atoms with van der Waals surface area (Å²) in [7, 11) is 0. The summed E-state index contributed by atoms with van der Waals surface area (Å²) in [6.07, 6.45) is 10.4. The summed E-state index contributed by atoms with van der Waals surface area (Å²) in [4.78, 5) is 10.5. The Bertz CT molecular complexity index is 513. The quantitative estimate of drug-likeness (QED) is 0.611. The Kier molecular flexibility index (Phi) is 6.30. The van der Waals surface area contributed by atoms with Gasteiger partial charge in [0.2, 0.25) is 0 Å². The van der Waals surface area contributed by atoms with Crippen molar-refractivity contribution in [2.24, 2.45) is 17.8 Å². The van der Waals surface area contributed by atoms with Gasteiger partial charge in [0.05, 0.1) is 12.7 Å². The van der Waals surface area contributed by atoms with Crippen molar-refractivity contribution in [2.45, 2.75) is 70.5 Å². The van der Waals surface area contributed by atoms with Gasteiger partial charge in [-0.3, -0.25) is 4.79 Å². The first-order valence-electron chi connectivity index (χ1n) is 9.61. The average molecular weight is 330 g/mol. The second-order valence-electron chi connectivity index (χ2n) is 7.60. The number of hydrogen-bond acceptors (Lipinski definition) is 2. The maximum atomic E-state index is 10.5. The molecule has 0 aromatic heterocycles. The molecule has 1 aromatic rings. The van der Waals surface area contributed by atoms with E-state index in [1.807, 2.05) is 6.07 Å². The summed E-state index contributed by atoms with van der Waals surface area (Å²) in [5.74, 6) is 1.70. The summed E-state index contributed by atoms with van der Waals surface area (Å²) in [6.45, 7) is 0.740. The van der Waals surface area contributed by atoms with Crippen LogP contribution >= 0.6 is 0 Å². The number of carboxylic acid groups (broad SMARTS) is 1. The van der Waals surface area contributed by atoms with Gasteiger partial charge in [-0.2, -0.15) is 0 Å². The van der Waals surface area contributed by atoms with E-state index in [9.17, 15) is 4.79 Å². The van der Waals surface area contributed by atoms with Crippen molar-refractivity contribution in [2.75, 3.05) is 0 Å². The number of fused-ring (bicyclic) bond motifs is 2. The highest BCUT2D eigenvalue weighted by atomic mass is 16.5. The second kappa shape index (κ2) is 8.66. The van der Waals surface area contributed by atoms with Crippen LogP contribution in [-0.2, 0) is 16.1 Å². The van der Waals surface area contributed by atoms with Crippen molar-refractivity contribution in [3.8, 4) is 0 Å². The first-order valence-corrected chi connectivity index (χ1v) is 9.61. The van der Waals surface area contributed by atoms with E-state index >= 15 is 0 Å². The highest BCUT2D eigenvalue weighted by molar-refractivity contribution is 5.66. The van der Waals surface area contributed by atoms with E-state index in [1.54, 1.807) is 0 Å². The lowest BCUT2D eigenvalue weighted by atomic mass is 9.82. The van der Waals surface area contributed by atoms with Gasteiger partial charge in [0.25, 0.3) is 0 Å². The fourth-order valence-electron chi connectivity index (χ4n) is 4.79. The number of carbonyl (C=O) groups is 1. The van der Waals surface area contributed by atoms with Crippen LogP contribution in [0.5, 0.6) is 0 Å². The van der Waals surface area contributed by atoms with Gasteiger partial charge in [0.1, 0.15) is 0 Å². The van der Waals surface area contributed by atoms with E-state index in [0.717, 1.165) is 43.6 Å². The molecule has 3 heteroatoms. The highest BCUT2D eigenvalue weighted by Crippen LogP contribution is 2.51. The van der Waals surface area contributed by atoms with Crippen LogP contribution in [0, 0.1) is 17.8 Å². The highest BCUT2D eigenvalue weighted by Gasteiger charge is 2.47. The van der Waals surface area contributed by atoms with E-state index in [4.69, 9.17) is 9.84 Å². The standard InChI is InChI=1S/C21H30O3/c22-20(23)11-7-2-1-6-10-19-17-12-13-18(14-17)21(19)24-15-16-8-4-3-5-9-16/h3-5,8-9,17-19,21H,1-2,6-7,10-15H2,(H,22,23)/t17-,18+,19-,21+/m1/s1. The number of carboxylic acids is 1. The molecule has 0 heterocycles. The van der Waals surface area contributed by atoms with Crippen molar-refractivity contribution >= 4 is 5.97 Å². The van der Waals surface area contributed by atoms with E-state index in [-0.39, 0.29) is 0 Å². The predicted molar refractivity (Wildman–Crippen MR) is 94.7 cm³/mol. The van der Waals surface area contributed by atoms with Crippen molar-refractivity contribution < 1.29 is 14.6 Å². The van der Waals surface area contributed by atoms with Gasteiger partial charge in [-0.05, 0) is 55.4 Å². The zero-order chi connectivity index (χ0) is 16.8. The lowest BCUT2D eigenvalue weighted by Crippen LogP contribution is -2.30. The molecule has 1 aromatic carbocycles. The minimum absolute atomic E-state index is 0.316. The zero-order valence-electron chi connectivity index (χ0n) is 14.5. The molecule has 2 bridgehead atoms. The average Bonchev–Trinajstić information content (AvgIpc) is 3.18. The van der Waals surface area contributed by atoms with Crippen LogP contribution in [0.1, 0.15) is 63.4 Å². The molecule has 0 spiro atoms. The van der Waals surface area contributed by atoms with Gasteiger partial charge in [-0.25, -0.2) is 0 Å². The minimum atomic E-state index is -0.669. The Labute approximate surface area is 145 Å². The Morgan fingerprint density at radius 2 is 1.79 bits per heavy atom. The van der Waals surface area contributed by atoms with Crippen molar-refractivity contribution in [3.05, 3.63) is 35.9 Å². The Hall–Kier alpha value is -1.35. The fraction of sp³-hybridized carbons (Fsp3) is 0.667. The summed E-state index contributed by atoms with van der Waals surface area (Å²) in [5.41, 5.74) is 1.27. The number of ether oxygens (including phenoxy) is 1. The molecule has 0 aliphatic heterocycles. The van der Waals surface area contributed by atoms with Crippen LogP contribution in [0.3, 0.4) is 0 Å². The molecule has 2 fully saturated rings. The van der Waals surface area contributed by atoms with Crippen LogP contribution in [0.2, 0.25) is 0 Å². The number of rotatable bonds is 10. The van der Waals surface area contributed by atoms with E-state index in [2.05, 4.69) is 24.3 Å². The molecule has 1 N–H and O–H groups in total. The normalized spacial score (nSPS) is 28.3. The molecule has 2 saturated carbocycles. The molecular weight excluding hydrogens is 300 g/mol. The van der Waals surface area contributed by atoms with E-state index < -0.39 is 5.97 Å². The topological polar surface area (TPSA) is 46.5 Å². The maximum absolute atomic E-state index is 10.5. The van der Waals surface area contributed by atoms with Gasteiger partial charge in [-0.15, -0.1) is 0 Å². The number of unbranched alkanes of at least 4 members (excludes halogenated alkanes) is 3. The molecule has 4 atom stereocenters. The second-order valence-corrected chi connectivity index (χ2v) is 7.60. The van der Waals surface area contributed by atoms with Crippen LogP contribution < -0.4 is 0 Å². The van der Waals surface area contributed by atoms with E-state index in [1.165, 1.54) is 37.7 Å². The van der Waals surface area contributed by atoms with Crippen molar-refractivity contribution in [1.82, 2.24) is 0 Å². The van der Waals surface area contributed by atoms with E-state index in [0.29, 0.717) is 12.5 Å². The molecule has 0 amide bonds. The molecule has 0 radical (unpaired) electrons. The molecule has 24 heavy (non-hydrogen) atoms. The molecule has 2 aliphatic carbocycles. The smallest absolute Gasteiger partial charge is 0.303 e. The zero-order valence-corrected chi connectivity index (χ0v) is 14.5. The van der Waals surface area contributed by atoms with Gasteiger partial charge >= 0.3 is 5.97 Å². The molecule has 0 unspecified atom stereocenters. The molecule has 3 rings (SSSR count). The Morgan fingerprint density at radius 1 is 1.04 bits per heavy atom. The van der Waals surface area contributed by atoms with Gasteiger partial charge in [0, 0.05) is 6.42 Å². The van der Waals surface area contributed by atoms with Crippen LogP contribution in [0.15, 0.2) is 30.3 Å². The third-order valence-corrected chi connectivity index (χ3v) is 5.97. The molecular formula is C21H30O3. The molecule has 3 nitrogen and oxygen atoms in total. The third-order valence-electron chi connectivity index (χ3n) is 5.97. The first-order chi connectivity index (χ1) is 11.7. The largest absolute Gasteiger partial charge is 0.481 e. The van der Waals surface area contributed by atoms with Crippen LogP contribution in [0.4, 0.5) is 0 Å². The SMILES string of the molecule is O=C(O)CCCCCC[C@@H]1[C@@H]2CC[C@@H](C2)[C@@H]1OCc1ccccc1. The summed E-state index contributed by atoms with van der Waals surface area (Å²) in [6, 6.07) is 10.5. The lowest BCUT2D eigenvalue weighted by Gasteiger charge is -2.31. The van der Waals surface area contributed by atoms with Crippen LogP contribution in [-0.4, -0.2) is 17.2 Å². The summed E-state index contributed by atoms with van der Waals surface area (Å²) >= 11 is 0. The van der Waals surface area contributed by atoms with Gasteiger partial charge < -0.3 is 9.84 Å². The maximum Gasteiger partial charge on any atom is 0.303 e. The molecule has 132 valence electrons. The lowest BCUT2D eigenvalue weighted by molar-refractivity contribution is -0.137. The van der Waals surface area contributed by atoms with Gasteiger partial charge in [-0.1, -0.05) is 49.6 Å². The third kappa shape index (κ3) is 4.60. The minimum Gasteiger partial charge on any atom is -0.481 e. The number of benzene rings is 1. The summed E-state index contributed by atoms with van der Waals surface area (Å²) in [5, 5.41) is 8.69. The summed E-state index contributed by atoms with van der Waals surface area (Å²) < 4.78 is 6.37. The fourth-order valence-corrected chi connectivity index (χ4v) is 4.79. The Morgan fingerprint density at radius 3 is 2.58 bits per heavy atom. The monoisotopic (exact) mass is 330 g/mol. The van der Waals surface area contributed by atoms with Crippen molar-refractivity contribution in [3.63, 3.8) is 0 Å². The van der Waals surface area contributed by atoms with Crippen LogP contribution in [0.25, 0.3) is 0 Å². The number of hydrogen-bond donors (Lipinski definition) is 1. The molecule has 2 aliphatic rings. The van der Waals surface area contributed by atoms with Crippen molar-refractivity contribution in [1.29, 1.82) is 0 Å². The molecule has 0 saturated heterocycles. The van der Waals surface area contributed by atoms with Gasteiger partial charge in [0.15, 0.2) is 0 Å². The Balaban J connectivity index is 1.42. The number of aliphatic carboxylic acids is 1. The first kappa shape index (κ1) is 17.5.